The van der Waals surface area contributed by atoms with Crippen molar-refractivity contribution in [2.24, 2.45) is 11.8 Å². The molecule has 3 atom stereocenters. The van der Waals surface area contributed by atoms with Crippen LogP contribution in [0.4, 0.5) is 0 Å². The number of rotatable bonds is 3. The molecule has 2 aliphatic heterocycles. The number of hydrogen-bond donors (Lipinski definition) is 1. The molecule has 2 heterocycles. The van der Waals surface area contributed by atoms with Gasteiger partial charge in [-0.15, -0.1) is 0 Å². The Morgan fingerprint density at radius 1 is 1.20 bits per heavy atom. The maximum absolute atomic E-state index is 12.5. The molecule has 1 N–H and O–H groups in total. The number of carbonyl (C=O) groups is 2. The number of nitrogens with one attached hydrogen (secondary N) is 1. The predicted octanol–water partition coefficient (Wildman–Crippen LogP) is 0.455. The van der Waals surface area contributed by atoms with Gasteiger partial charge in [0.05, 0.1) is 12.6 Å². The van der Waals surface area contributed by atoms with E-state index in [4.69, 9.17) is 0 Å². The van der Waals surface area contributed by atoms with E-state index in [1.807, 2.05) is 4.90 Å². The number of nitrogens with zero attached hydrogens (tertiary/aromatic N) is 2. The summed E-state index contributed by atoms with van der Waals surface area (Å²) in [6.07, 6.45) is 5.84. The van der Waals surface area contributed by atoms with Crippen LogP contribution in [-0.4, -0.2) is 60.9 Å². The molecular weight excluding hydrogens is 254 g/mol. The topological polar surface area (TPSA) is 52.7 Å². The van der Waals surface area contributed by atoms with E-state index in [1.165, 1.54) is 12.8 Å². The molecular formula is C15H25N3O2. The fourth-order valence-electron chi connectivity index (χ4n) is 4.04. The van der Waals surface area contributed by atoms with Crippen molar-refractivity contribution in [3.8, 4) is 0 Å². The number of carbonyl (C=O) groups excluding carboxylic acids is 2. The zero-order chi connectivity index (χ0) is 14.1. The van der Waals surface area contributed by atoms with Gasteiger partial charge in [0.1, 0.15) is 0 Å². The van der Waals surface area contributed by atoms with Gasteiger partial charge in [-0.2, -0.15) is 0 Å². The zero-order valence-corrected chi connectivity index (χ0v) is 12.3. The first kappa shape index (κ1) is 13.9. The molecule has 3 aliphatic rings. The molecule has 3 rings (SSSR count). The van der Waals surface area contributed by atoms with Crippen molar-refractivity contribution in [2.45, 2.75) is 38.1 Å². The van der Waals surface area contributed by atoms with Crippen LogP contribution in [-0.2, 0) is 9.59 Å². The van der Waals surface area contributed by atoms with Gasteiger partial charge in [0.15, 0.2) is 0 Å². The Morgan fingerprint density at radius 2 is 1.95 bits per heavy atom. The van der Waals surface area contributed by atoms with E-state index in [0.717, 1.165) is 38.9 Å². The Kier molecular flexibility index (Phi) is 3.96. The molecule has 3 fully saturated rings. The average Bonchev–Trinajstić information content (AvgIpc) is 3.14. The van der Waals surface area contributed by atoms with Gasteiger partial charge in [0.2, 0.25) is 11.8 Å². The highest BCUT2D eigenvalue weighted by atomic mass is 16.2. The summed E-state index contributed by atoms with van der Waals surface area (Å²) in [6, 6.07) is -0.0566. The minimum Gasteiger partial charge on any atom is -0.341 e. The molecule has 0 aromatic rings. The maximum atomic E-state index is 12.5. The fourth-order valence-corrected chi connectivity index (χ4v) is 4.04. The molecule has 3 unspecified atom stereocenters. The van der Waals surface area contributed by atoms with Crippen LogP contribution in [0, 0.1) is 11.8 Å². The summed E-state index contributed by atoms with van der Waals surface area (Å²) < 4.78 is 0. The number of fused-ring (bicyclic) bond motifs is 1. The van der Waals surface area contributed by atoms with Crippen molar-refractivity contribution in [3.05, 3.63) is 0 Å². The molecule has 0 aromatic heterocycles. The standard InChI is InChI=1S/C15H25N3O2/c1-17(10-13(19)18-7-2-3-8-18)15(20)14-12-6-4-5-11(12)9-16-14/h11-12,14,16H,2-10H2,1H3. The van der Waals surface area contributed by atoms with Crippen molar-refractivity contribution >= 4 is 11.8 Å². The number of likely N-dealkylation sites (N-methyl/N-ethyl adjacent to an activating group) is 1. The van der Waals surface area contributed by atoms with Gasteiger partial charge in [0, 0.05) is 20.1 Å². The zero-order valence-electron chi connectivity index (χ0n) is 12.3. The first-order valence-corrected chi connectivity index (χ1v) is 7.93. The van der Waals surface area contributed by atoms with Crippen LogP contribution in [0.2, 0.25) is 0 Å². The highest BCUT2D eigenvalue weighted by Crippen LogP contribution is 2.38. The molecule has 0 radical (unpaired) electrons. The Morgan fingerprint density at radius 3 is 2.70 bits per heavy atom. The Hall–Kier alpha value is -1.10. The maximum Gasteiger partial charge on any atom is 0.242 e. The lowest BCUT2D eigenvalue weighted by molar-refractivity contribution is -0.140. The average molecular weight is 279 g/mol. The van der Waals surface area contributed by atoms with Crippen molar-refractivity contribution in [2.75, 3.05) is 33.2 Å². The van der Waals surface area contributed by atoms with Crippen LogP contribution in [0.3, 0.4) is 0 Å². The van der Waals surface area contributed by atoms with Crippen LogP contribution in [0.25, 0.3) is 0 Å². The molecule has 2 amide bonds. The van der Waals surface area contributed by atoms with Gasteiger partial charge in [-0.3, -0.25) is 9.59 Å². The monoisotopic (exact) mass is 279 g/mol. The summed E-state index contributed by atoms with van der Waals surface area (Å²) >= 11 is 0. The van der Waals surface area contributed by atoms with E-state index in [1.54, 1.807) is 11.9 Å². The predicted molar refractivity (Wildman–Crippen MR) is 76.1 cm³/mol. The number of hydrogen-bond acceptors (Lipinski definition) is 3. The van der Waals surface area contributed by atoms with Crippen molar-refractivity contribution in [1.82, 2.24) is 15.1 Å². The summed E-state index contributed by atoms with van der Waals surface area (Å²) in [6.45, 7) is 2.91. The largest absolute Gasteiger partial charge is 0.341 e. The lowest BCUT2D eigenvalue weighted by Crippen LogP contribution is -2.48. The van der Waals surface area contributed by atoms with Crippen LogP contribution < -0.4 is 5.32 Å². The van der Waals surface area contributed by atoms with Crippen LogP contribution in [0.15, 0.2) is 0 Å². The SMILES string of the molecule is CN(CC(=O)N1CCCC1)C(=O)C1NCC2CCCC21. The van der Waals surface area contributed by atoms with Crippen LogP contribution >= 0.6 is 0 Å². The Bertz CT molecular complexity index is 393. The molecule has 5 nitrogen and oxygen atoms in total. The Labute approximate surface area is 120 Å². The van der Waals surface area contributed by atoms with E-state index < -0.39 is 0 Å². The third-order valence-corrected chi connectivity index (χ3v) is 5.22. The molecule has 1 saturated carbocycles. The summed E-state index contributed by atoms with van der Waals surface area (Å²) in [5, 5.41) is 3.37. The first-order chi connectivity index (χ1) is 9.66. The van der Waals surface area contributed by atoms with E-state index >= 15 is 0 Å². The third-order valence-electron chi connectivity index (χ3n) is 5.22. The molecule has 0 aromatic carbocycles. The van der Waals surface area contributed by atoms with Gasteiger partial charge in [-0.05, 0) is 44.1 Å². The highest BCUT2D eigenvalue weighted by Gasteiger charge is 2.43. The van der Waals surface area contributed by atoms with Crippen molar-refractivity contribution in [3.63, 3.8) is 0 Å². The minimum atomic E-state index is -0.0566. The lowest BCUT2D eigenvalue weighted by atomic mass is 9.93. The molecule has 0 spiro atoms. The number of amides is 2. The molecule has 112 valence electrons. The molecule has 0 bridgehead atoms. The van der Waals surface area contributed by atoms with E-state index in [9.17, 15) is 9.59 Å². The molecule has 5 heteroatoms. The third kappa shape index (κ3) is 2.55. The second kappa shape index (κ2) is 5.72. The van der Waals surface area contributed by atoms with Gasteiger partial charge in [-0.1, -0.05) is 6.42 Å². The van der Waals surface area contributed by atoms with Gasteiger partial charge < -0.3 is 15.1 Å². The van der Waals surface area contributed by atoms with Crippen molar-refractivity contribution in [1.29, 1.82) is 0 Å². The minimum absolute atomic E-state index is 0.0566. The normalized spacial score (nSPS) is 32.5. The highest BCUT2D eigenvalue weighted by molar-refractivity contribution is 5.88. The smallest absolute Gasteiger partial charge is 0.242 e. The van der Waals surface area contributed by atoms with E-state index in [2.05, 4.69) is 5.32 Å². The Balaban J connectivity index is 1.55. The first-order valence-electron chi connectivity index (χ1n) is 7.93. The molecule has 1 aliphatic carbocycles. The van der Waals surface area contributed by atoms with Crippen LogP contribution in [0.5, 0.6) is 0 Å². The molecule has 2 saturated heterocycles. The van der Waals surface area contributed by atoms with Crippen molar-refractivity contribution < 1.29 is 9.59 Å². The quantitative estimate of drug-likeness (QED) is 0.816. The molecule has 20 heavy (non-hydrogen) atoms. The van der Waals surface area contributed by atoms with Gasteiger partial charge >= 0.3 is 0 Å². The summed E-state index contributed by atoms with van der Waals surface area (Å²) in [7, 11) is 1.76. The van der Waals surface area contributed by atoms with E-state index in [0.29, 0.717) is 11.8 Å². The second-order valence-corrected chi connectivity index (χ2v) is 6.52. The summed E-state index contributed by atoms with van der Waals surface area (Å²) in [4.78, 5) is 28.1. The lowest BCUT2D eigenvalue weighted by Gasteiger charge is -2.26. The summed E-state index contributed by atoms with van der Waals surface area (Å²) in [5.74, 6) is 1.37. The van der Waals surface area contributed by atoms with Crippen LogP contribution in [0.1, 0.15) is 32.1 Å². The second-order valence-electron chi connectivity index (χ2n) is 6.52. The van der Waals surface area contributed by atoms with Gasteiger partial charge in [-0.25, -0.2) is 0 Å². The number of likely N-dealkylation sites (tertiary alicyclic amines) is 1. The van der Waals surface area contributed by atoms with E-state index in [-0.39, 0.29) is 24.4 Å². The van der Waals surface area contributed by atoms with Gasteiger partial charge in [0.25, 0.3) is 0 Å². The summed E-state index contributed by atoms with van der Waals surface area (Å²) in [5.41, 5.74) is 0. The fraction of sp³-hybridized carbons (Fsp3) is 0.867.